The SMILES string of the molecule is C[C@H](C(=O)NC1(C(=O)O)CCOC1)c1ccccc1. The van der Waals surface area contributed by atoms with Gasteiger partial charge in [0.2, 0.25) is 5.91 Å². The fourth-order valence-corrected chi connectivity index (χ4v) is 2.12. The van der Waals surface area contributed by atoms with Crippen molar-refractivity contribution in [2.24, 2.45) is 0 Å². The number of hydrogen-bond donors (Lipinski definition) is 2. The van der Waals surface area contributed by atoms with E-state index < -0.39 is 17.4 Å². The van der Waals surface area contributed by atoms with E-state index in [0.717, 1.165) is 5.56 Å². The molecule has 1 heterocycles. The second-order valence-corrected chi connectivity index (χ2v) is 4.81. The highest BCUT2D eigenvalue weighted by Crippen LogP contribution is 2.22. The van der Waals surface area contributed by atoms with E-state index in [1.54, 1.807) is 6.92 Å². The van der Waals surface area contributed by atoms with Gasteiger partial charge in [-0.3, -0.25) is 4.79 Å². The first-order valence-corrected chi connectivity index (χ1v) is 6.23. The van der Waals surface area contributed by atoms with Gasteiger partial charge in [-0.05, 0) is 12.5 Å². The first-order valence-electron chi connectivity index (χ1n) is 6.23. The monoisotopic (exact) mass is 263 g/mol. The summed E-state index contributed by atoms with van der Waals surface area (Å²) in [6.07, 6.45) is 0.301. The molecule has 2 N–H and O–H groups in total. The number of carbonyl (C=O) groups excluding carboxylic acids is 1. The summed E-state index contributed by atoms with van der Waals surface area (Å²) in [5, 5.41) is 11.9. The number of aliphatic carboxylic acids is 1. The van der Waals surface area contributed by atoms with Crippen LogP contribution in [0.15, 0.2) is 30.3 Å². The van der Waals surface area contributed by atoms with Gasteiger partial charge in [-0.25, -0.2) is 4.79 Å². The zero-order valence-corrected chi connectivity index (χ0v) is 10.8. The largest absolute Gasteiger partial charge is 0.479 e. The van der Waals surface area contributed by atoms with Gasteiger partial charge in [0.15, 0.2) is 5.54 Å². The van der Waals surface area contributed by atoms with Crippen molar-refractivity contribution in [1.29, 1.82) is 0 Å². The van der Waals surface area contributed by atoms with Gasteiger partial charge < -0.3 is 15.2 Å². The third-order valence-corrected chi connectivity index (χ3v) is 3.49. The topological polar surface area (TPSA) is 75.6 Å². The maximum atomic E-state index is 12.2. The van der Waals surface area contributed by atoms with E-state index in [1.165, 1.54) is 0 Å². The molecule has 2 atom stereocenters. The van der Waals surface area contributed by atoms with Gasteiger partial charge in [-0.15, -0.1) is 0 Å². The lowest BCUT2D eigenvalue weighted by Crippen LogP contribution is -2.56. The van der Waals surface area contributed by atoms with E-state index in [2.05, 4.69) is 5.32 Å². The second kappa shape index (κ2) is 5.40. The highest BCUT2D eigenvalue weighted by atomic mass is 16.5. The van der Waals surface area contributed by atoms with E-state index in [0.29, 0.717) is 13.0 Å². The zero-order chi connectivity index (χ0) is 13.9. The minimum Gasteiger partial charge on any atom is -0.479 e. The van der Waals surface area contributed by atoms with Gasteiger partial charge in [-0.2, -0.15) is 0 Å². The molecule has 0 radical (unpaired) electrons. The predicted octanol–water partition coefficient (Wildman–Crippen LogP) is 1.15. The van der Waals surface area contributed by atoms with Crippen LogP contribution < -0.4 is 5.32 Å². The van der Waals surface area contributed by atoms with E-state index in [1.807, 2.05) is 30.3 Å². The van der Waals surface area contributed by atoms with Crippen molar-refractivity contribution >= 4 is 11.9 Å². The van der Waals surface area contributed by atoms with Gasteiger partial charge in [0.05, 0.1) is 12.5 Å². The van der Waals surface area contributed by atoms with E-state index in [-0.39, 0.29) is 12.5 Å². The predicted molar refractivity (Wildman–Crippen MR) is 68.8 cm³/mol. The average Bonchev–Trinajstić information content (AvgIpc) is 2.88. The van der Waals surface area contributed by atoms with Crippen LogP contribution in [0.2, 0.25) is 0 Å². The maximum absolute atomic E-state index is 12.2. The van der Waals surface area contributed by atoms with Crippen LogP contribution in [0.25, 0.3) is 0 Å². The number of carboxylic acids is 1. The lowest BCUT2D eigenvalue weighted by molar-refractivity contribution is -0.147. The summed E-state index contributed by atoms with van der Waals surface area (Å²) in [5.41, 5.74) is -0.417. The highest BCUT2D eigenvalue weighted by Gasteiger charge is 2.44. The third kappa shape index (κ3) is 2.76. The van der Waals surface area contributed by atoms with Crippen LogP contribution in [-0.4, -0.2) is 35.7 Å². The number of nitrogens with one attached hydrogen (secondary N) is 1. The summed E-state index contributed by atoms with van der Waals surface area (Å²) in [6.45, 7) is 2.14. The maximum Gasteiger partial charge on any atom is 0.331 e. The molecule has 0 spiro atoms. The van der Waals surface area contributed by atoms with Crippen LogP contribution >= 0.6 is 0 Å². The Labute approximate surface area is 111 Å². The lowest BCUT2D eigenvalue weighted by atomic mass is 9.95. The van der Waals surface area contributed by atoms with E-state index in [4.69, 9.17) is 4.74 Å². The van der Waals surface area contributed by atoms with Crippen LogP contribution in [0.5, 0.6) is 0 Å². The molecular weight excluding hydrogens is 246 g/mol. The fraction of sp³-hybridized carbons (Fsp3) is 0.429. The highest BCUT2D eigenvalue weighted by molar-refractivity contribution is 5.90. The standard InChI is InChI=1S/C14H17NO4/c1-10(11-5-3-2-4-6-11)12(16)15-14(13(17)18)7-8-19-9-14/h2-6,10H,7-9H2,1H3,(H,15,16)(H,17,18)/t10-,14?/m0/s1. The summed E-state index contributed by atoms with van der Waals surface area (Å²) in [5.74, 6) is -1.73. The molecule has 0 saturated carbocycles. The van der Waals surface area contributed by atoms with Crippen molar-refractivity contribution in [2.45, 2.75) is 24.8 Å². The molecule has 19 heavy (non-hydrogen) atoms. The smallest absolute Gasteiger partial charge is 0.331 e. The normalized spacial score (nSPS) is 23.8. The van der Waals surface area contributed by atoms with Gasteiger partial charge in [0.1, 0.15) is 0 Å². The Hall–Kier alpha value is -1.88. The van der Waals surface area contributed by atoms with Crippen molar-refractivity contribution in [3.05, 3.63) is 35.9 Å². The Morgan fingerprint density at radius 3 is 2.58 bits per heavy atom. The minimum absolute atomic E-state index is 0.0234. The van der Waals surface area contributed by atoms with Crippen molar-refractivity contribution < 1.29 is 19.4 Å². The van der Waals surface area contributed by atoms with Gasteiger partial charge >= 0.3 is 5.97 Å². The van der Waals surface area contributed by atoms with Gasteiger partial charge in [0, 0.05) is 13.0 Å². The second-order valence-electron chi connectivity index (χ2n) is 4.81. The molecule has 5 nitrogen and oxygen atoms in total. The van der Waals surface area contributed by atoms with Crippen LogP contribution in [0.3, 0.4) is 0 Å². The van der Waals surface area contributed by atoms with Gasteiger partial charge in [-0.1, -0.05) is 30.3 Å². The number of hydrogen-bond acceptors (Lipinski definition) is 3. The van der Waals surface area contributed by atoms with Crippen molar-refractivity contribution in [3.8, 4) is 0 Å². The lowest BCUT2D eigenvalue weighted by Gasteiger charge is -2.25. The number of benzene rings is 1. The van der Waals surface area contributed by atoms with E-state index in [9.17, 15) is 14.7 Å². The Morgan fingerprint density at radius 1 is 1.37 bits per heavy atom. The number of carboxylic acid groups (broad SMARTS) is 1. The third-order valence-electron chi connectivity index (χ3n) is 3.49. The molecule has 1 amide bonds. The molecule has 0 aromatic heterocycles. The number of ether oxygens (including phenoxy) is 1. The first kappa shape index (κ1) is 13.5. The van der Waals surface area contributed by atoms with E-state index >= 15 is 0 Å². The molecule has 2 rings (SSSR count). The van der Waals surface area contributed by atoms with Crippen molar-refractivity contribution in [1.82, 2.24) is 5.32 Å². The Balaban J connectivity index is 2.10. The molecule has 1 aliphatic rings. The fourth-order valence-electron chi connectivity index (χ4n) is 2.12. The average molecular weight is 263 g/mol. The Morgan fingerprint density at radius 2 is 2.05 bits per heavy atom. The Bertz CT molecular complexity index is 466. The molecule has 0 bridgehead atoms. The molecule has 1 aliphatic heterocycles. The zero-order valence-electron chi connectivity index (χ0n) is 10.8. The van der Waals surface area contributed by atoms with Crippen molar-refractivity contribution in [3.63, 3.8) is 0 Å². The molecular formula is C14H17NO4. The van der Waals surface area contributed by atoms with Crippen LogP contribution in [-0.2, 0) is 14.3 Å². The summed E-state index contributed by atoms with van der Waals surface area (Å²) >= 11 is 0. The molecule has 1 saturated heterocycles. The number of amides is 1. The quantitative estimate of drug-likeness (QED) is 0.854. The molecule has 5 heteroatoms. The summed E-state index contributed by atoms with van der Waals surface area (Å²) in [7, 11) is 0. The van der Waals surface area contributed by atoms with Gasteiger partial charge in [0.25, 0.3) is 0 Å². The molecule has 1 fully saturated rings. The molecule has 0 aliphatic carbocycles. The Kier molecular flexibility index (Phi) is 3.85. The minimum atomic E-state index is -1.28. The first-order chi connectivity index (χ1) is 9.05. The number of carbonyl (C=O) groups is 2. The van der Waals surface area contributed by atoms with Crippen LogP contribution in [0.4, 0.5) is 0 Å². The van der Waals surface area contributed by atoms with Crippen molar-refractivity contribution in [2.75, 3.05) is 13.2 Å². The summed E-state index contributed by atoms with van der Waals surface area (Å²) in [4.78, 5) is 23.5. The molecule has 1 aromatic carbocycles. The summed E-state index contributed by atoms with van der Waals surface area (Å²) < 4.78 is 5.11. The van der Waals surface area contributed by atoms with Crippen LogP contribution in [0.1, 0.15) is 24.8 Å². The molecule has 102 valence electrons. The molecule has 1 unspecified atom stereocenters. The summed E-state index contributed by atoms with van der Waals surface area (Å²) in [6, 6.07) is 9.28. The van der Waals surface area contributed by atoms with Crippen LogP contribution in [0, 0.1) is 0 Å². The number of rotatable bonds is 4. The molecule has 1 aromatic rings.